The van der Waals surface area contributed by atoms with Crippen LogP contribution in [0, 0.1) is 0 Å². The van der Waals surface area contributed by atoms with Crippen LogP contribution in [0.2, 0.25) is 0 Å². The van der Waals surface area contributed by atoms with E-state index in [1.807, 2.05) is 12.3 Å². The van der Waals surface area contributed by atoms with Crippen LogP contribution in [0.3, 0.4) is 0 Å². The number of aliphatic imine (C=N–C) groups is 1. The fourth-order valence-electron chi connectivity index (χ4n) is 13.9. The lowest BCUT2D eigenvalue weighted by molar-refractivity contribution is -0.138. The topological polar surface area (TPSA) is 335 Å². The molecule has 0 bridgehead atoms. The van der Waals surface area contributed by atoms with Gasteiger partial charge in [0.15, 0.2) is 64.0 Å². The van der Waals surface area contributed by atoms with Crippen LogP contribution in [-0.2, 0) is 137 Å². The summed E-state index contributed by atoms with van der Waals surface area (Å²) in [5, 5.41) is 13.1. The molecule has 0 N–H and O–H groups in total. The van der Waals surface area contributed by atoms with E-state index in [9.17, 15) is 103 Å². The van der Waals surface area contributed by atoms with E-state index >= 15 is 0 Å². The first kappa shape index (κ1) is 97.1. The zero-order valence-electron chi connectivity index (χ0n) is 65.8. The van der Waals surface area contributed by atoms with Gasteiger partial charge in [0.2, 0.25) is 0 Å². The van der Waals surface area contributed by atoms with Gasteiger partial charge in [-0.1, -0.05) is 24.3 Å². The van der Waals surface area contributed by atoms with Crippen LogP contribution in [0.4, 0.5) is 52.7 Å². The summed E-state index contributed by atoms with van der Waals surface area (Å²) in [6.07, 6.45) is -15.5. The van der Waals surface area contributed by atoms with Gasteiger partial charge in [0.25, 0.3) is 0 Å². The second kappa shape index (κ2) is 36.9. The number of benzene rings is 4. The molecule has 4 saturated heterocycles. The van der Waals surface area contributed by atoms with Crippen LogP contribution in [0.15, 0.2) is 166 Å². The van der Waals surface area contributed by atoms with Gasteiger partial charge in [-0.2, -0.15) is 68.0 Å². The maximum absolute atomic E-state index is 13.4. The van der Waals surface area contributed by atoms with Gasteiger partial charge in [-0.15, -0.1) is 11.8 Å². The van der Waals surface area contributed by atoms with Gasteiger partial charge in [-0.25, -0.2) is 64.6 Å². The molecule has 5 aliphatic heterocycles. The average molecular weight is 1910 g/mol. The Morgan fingerprint density at radius 1 is 0.433 bits per heavy atom. The minimum absolute atomic E-state index is 0.00568. The molecule has 5 aliphatic rings. The number of alkyl halides is 12. The molecule has 8 heterocycles. The van der Waals surface area contributed by atoms with Crippen LogP contribution in [0.1, 0.15) is 137 Å². The Labute approximate surface area is 698 Å². The van der Waals surface area contributed by atoms with Crippen LogP contribution in [0.5, 0.6) is 0 Å². The lowest BCUT2D eigenvalue weighted by Gasteiger charge is -2.38. The van der Waals surface area contributed by atoms with E-state index < -0.39 is 159 Å². The van der Waals surface area contributed by atoms with E-state index in [2.05, 4.69) is 36.2 Å². The molecule has 26 nitrogen and oxygen atoms in total. The lowest BCUT2D eigenvalue weighted by Crippen LogP contribution is -2.45. The van der Waals surface area contributed by atoms with Crippen molar-refractivity contribution in [3.63, 3.8) is 0 Å². The molecule has 4 aromatic carbocycles. The summed E-state index contributed by atoms with van der Waals surface area (Å²) in [5.74, 6) is 0. The number of nitrogens with zero attached hydrogens (tertiary/aromatic N) is 7. The highest BCUT2D eigenvalue weighted by Gasteiger charge is 2.52. The quantitative estimate of drug-likeness (QED) is 0.0505. The summed E-state index contributed by atoms with van der Waals surface area (Å²) < 4.78 is 348. The summed E-state index contributed by atoms with van der Waals surface area (Å²) in [5.41, 5.74) is -1.92. The van der Waals surface area contributed by atoms with Gasteiger partial charge in [-0.3, -0.25) is 4.99 Å². The maximum Gasteiger partial charge on any atom is 0.416 e. The van der Waals surface area contributed by atoms with Crippen LogP contribution in [0.25, 0.3) is 0 Å². The third-order valence-electron chi connectivity index (χ3n) is 21.0. The third-order valence-corrected chi connectivity index (χ3v) is 34.1. The number of hydrogen-bond acceptors (Lipinski definition) is 24. The molecule has 8 unspecified atom stereocenters. The first-order valence-corrected chi connectivity index (χ1v) is 47.8. The monoisotopic (exact) mass is 1910 g/mol. The first-order valence-electron chi connectivity index (χ1n) is 36.1. The molecule has 0 spiro atoms. The van der Waals surface area contributed by atoms with Crippen molar-refractivity contribution in [2.45, 2.75) is 197 Å². The van der Waals surface area contributed by atoms with E-state index in [0.29, 0.717) is 51.5 Å². The predicted octanol–water partition coefficient (Wildman–Crippen LogP) is 14.5. The van der Waals surface area contributed by atoms with Crippen LogP contribution in [-0.4, -0.2) is 183 Å². The van der Waals surface area contributed by atoms with E-state index in [4.69, 9.17) is 33.2 Å². The van der Waals surface area contributed by atoms with Crippen LogP contribution >= 0.6 is 27.7 Å². The number of ether oxygens (including phenoxy) is 7. The number of sulfone groups is 6. The molecule has 3 aromatic heterocycles. The van der Waals surface area contributed by atoms with Crippen LogP contribution < -0.4 is 0 Å². The molecule has 7 aromatic rings. The zero-order valence-corrected chi connectivity index (χ0v) is 73.1. The molecular formula is C74H86BrF12N7O19S7. The van der Waals surface area contributed by atoms with Crippen molar-refractivity contribution in [1.29, 1.82) is 0 Å². The van der Waals surface area contributed by atoms with Gasteiger partial charge < -0.3 is 33.2 Å². The number of thioether (sulfide) groups is 1. The van der Waals surface area contributed by atoms with Gasteiger partial charge >= 0.3 is 24.7 Å². The number of hydrogen-bond donors (Lipinski definition) is 0. The Morgan fingerprint density at radius 2 is 0.733 bits per heavy atom. The van der Waals surface area contributed by atoms with Crippen molar-refractivity contribution >= 4 is 91.8 Å². The molecule has 46 heteroatoms. The Kier molecular flexibility index (Phi) is 29.8. The van der Waals surface area contributed by atoms with Gasteiger partial charge in [0, 0.05) is 66.3 Å². The number of methoxy groups -OCH3 is 3. The smallest absolute Gasteiger partial charge is 0.374 e. The summed E-state index contributed by atoms with van der Waals surface area (Å²) >= 11 is 4.72. The van der Waals surface area contributed by atoms with Crippen molar-refractivity contribution in [2.75, 3.05) is 73.1 Å². The molecule has 0 amide bonds. The highest BCUT2D eigenvalue weighted by atomic mass is 79.9. The predicted molar refractivity (Wildman–Crippen MR) is 416 cm³/mol. The van der Waals surface area contributed by atoms with Crippen molar-refractivity contribution in [2.24, 2.45) is 4.99 Å². The molecule has 12 rings (SSSR count). The largest absolute Gasteiger partial charge is 0.416 e. The van der Waals surface area contributed by atoms with Crippen molar-refractivity contribution in [3.05, 3.63) is 171 Å². The number of rotatable bonds is 20. The van der Waals surface area contributed by atoms with Crippen molar-refractivity contribution in [1.82, 2.24) is 29.3 Å². The molecule has 120 heavy (non-hydrogen) atoms. The molecule has 664 valence electrons. The highest BCUT2D eigenvalue weighted by Crippen LogP contribution is 2.49. The fraction of sp³-hybridized carbons (Fsp3) is 0.514. The van der Waals surface area contributed by atoms with E-state index in [1.165, 1.54) is 75.9 Å². The summed E-state index contributed by atoms with van der Waals surface area (Å²) in [4.78, 5) is 2.44. The van der Waals surface area contributed by atoms with Crippen molar-refractivity contribution in [3.8, 4) is 0 Å². The SMILES string of the molecule is CC1(S(=O)(=O)c2cccc(C(F)(F)F)c2)CCOC(C2=CC(S(C)(=O)=O)=NC2)C1.COCn1nc(Br)cc1C1CC(C)(S(=O)(=O)c2cccc(C(F)(F)F)c2)CCO1.COCn1nc(S(C)(=O)=O)cc1C1CC(C)(S(=O)(=O)c2cccc(C(F)(F)F)c2)CCO1.COCn1nc(SC)cc1C1CC(C)(S(=O)(=O)c2cccc(C(F)(F)F)c2)CCO1. The molecule has 0 aliphatic carbocycles. The minimum Gasteiger partial charge on any atom is -0.374 e. The zero-order chi connectivity index (χ0) is 89.2. The Morgan fingerprint density at radius 3 is 1.03 bits per heavy atom. The van der Waals surface area contributed by atoms with Gasteiger partial charge in [-0.05, 0) is 198 Å². The first-order chi connectivity index (χ1) is 55.4. The molecule has 0 saturated carbocycles. The maximum atomic E-state index is 13.4. The minimum atomic E-state index is -4.68. The molecular weight excluding hydrogens is 1820 g/mol. The summed E-state index contributed by atoms with van der Waals surface area (Å²) in [6, 6.07) is 19.9. The van der Waals surface area contributed by atoms with Gasteiger partial charge in [0.1, 0.15) is 53.2 Å². The van der Waals surface area contributed by atoms with E-state index in [1.54, 1.807) is 29.3 Å². The molecule has 0 radical (unpaired) electrons. The highest BCUT2D eigenvalue weighted by molar-refractivity contribution is 9.10. The number of halogens is 13. The normalized spacial score (nSPS) is 23.8. The summed E-state index contributed by atoms with van der Waals surface area (Å²) in [7, 11) is -19.2. The van der Waals surface area contributed by atoms with E-state index in [0.717, 1.165) is 78.2 Å². The molecule has 8 atom stereocenters. The van der Waals surface area contributed by atoms with Crippen molar-refractivity contribution < 1.29 is 136 Å². The average Bonchev–Trinajstić information content (AvgIpc) is 1.10. The fourth-order valence-corrected chi connectivity index (χ4v) is 23.4. The second-order valence-corrected chi connectivity index (χ2v) is 45.2. The third kappa shape index (κ3) is 21.8. The Bertz CT molecular complexity index is 5670. The Hall–Kier alpha value is -6.67. The standard InChI is InChI=1S/C19H23F3N2O6S2.C19H23F3N2O4S2.C18H20BrF3N2O4S.C18H20F3NO5S2/c1-18(32(27,28)14-6-4-5-13(9-14)19(20,21)22)7-8-30-16(11-18)15-10-17(31(3,25)26)23-24(15)12-29-2;1-18(30(25,26)14-6-4-5-13(9-14)19(20,21)22)7-8-28-16(11-18)15-10-17(29-3)23-24(15)12-27-2;1-17(29(25,26)13-5-3-4-12(8-13)18(20,21)22)6-7-28-15(10-17)14-9-16(19)23-24(14)11-27-2;1-17(29(25,26)14-5-3-4-13(9-14)18(19,20)21)6-7-27-15(10-17)12-8-16(22-11-12)28(2,23)24/h4-6,9-10,16H,7-8,11-12H2,1-3H3;4-6,9-10,16H,7-8,11-12H2,1-3H3;2*3-5,8-9,15H,6-7,10-11H2,1-2H3. The number of aromatic nitrogens is 6. The lowest BCUT2D eigenvalue weighted by atomic mass is 9.92. The Balaban J connectivity index is 0.000000182. The second-order valence-electron chi connectivity index (χ2n) is 29.8. The molecule has 4 fully saturated rings. The van der Waals surface area contributed by atoms with E-state index in [-0.39, 0.29) is 124 Å². The van der Waals surface area contributed by atoms with Gasteiger partial charge in [0.05, 0.1) is 90.6 Å². The summed E-state index contributed by atoms with van der Waals surface area (Å²) in [6.45, 7) is 6.73.